The number of carbonyl (C=O) groups excluding carboxylic acids is 3. The van der Waals surface area contributed by atoms with E-state index in [0.717, 1.165) is 25.7 Å². The Morgan fingerprint density at radius 3 is 2.68 bits per heavy atom. The Kier molecular flexibility index (Phi) is 9.91. The van der Waals surface area contributed by atoms with E-state index in [-0.39, 0.29) is 36.3 Å². The normalized spacial score (nSPS) is 24.9. The molecule has 0 spiro atoms. The van der Waals surface area contributed by atoms with Crippen molar-refractivity contribution in [2.75, 3.05) is 39.9 Å². The fourth-order valence-electron chi connectivity index (χ4n) is 5.27. The number of nitrogens with two attached hydrogens (primary N) is 1. The summed E-state index contributed by atoms with van der Waals surface area (Å²) in [7, 11) is 1.48. The second kappa shape index (κ2) is 12.7. The molecule has 1 aliphatic carbocycles. The minimum Gasteiger partial charge on any atom is -0.375 e. The van der Waals surface area contributed by atoms with E-state index >= 15 is 0 Å². The average molecular weight is 493 g/mol. The van der Waals surface area contributed by atoms with Crippen molar-refractivity contribution in [3.8, 4) is 0 Å². The van der Waals surface area contributed by atoms with Crippen LogP contribution < -0.4 is 11.1 Å². The van der Waals surface area contributed by atoms with Crippen LogP contribution in [0.4, 0.5) is 0 Å². The molecule has 1 saturated carbocycles. The van der Waals surface area contributed by atoms with Crippen molar-refractivity contribution in [2.24, 2.45) is 23.5 Å². The first kappa shape index (κ1) is 26.6. The van der Waals surface area contributed by atoms with Crippen molar-refractivity contribution in [1.29, 1.82) is 0 Å². The summed E-state index contributed by atoms with van der Waals surface area (Å²) in [6.45, 7) is 6.26. The summed E-state index contributed by atoms with van der Waals surface area (Å²) in [6.07, 6.45) is 4.86. The summed E-state index contributed by atoms with van der Waals surface area (Å²) in [5, 5.41) is 5.00. The van der Waals surface area contributed by atoms with Crippen LogP contribution in [0.15, 0.2) is 17.5 Å². The lowest BCUT2D eigenvalue weighted by molar-refractivity contribution is -0.141. The van der Waals surface area contributed by atoms with Crippen molar-refractivity contribution in [3.05, 3.63) is 22.4 Å². The van der Waals surface area contributed by atoms with Crippen LogP contribution in [-0.4, -0.2) is 79.5 Å². The summed E-state index contributed by atoms with van der Waals surface area (Å²) >= 11 is 1.41. The number of likely N-dealkylation sites (tertiary alicyclic amines) is 1. The van der Waals surface area contributed by atoms with Crippen LogP contribution in [0.3, 0.4) is 0 Å². The van der Waals surface area contributed by atoms with Gasteiger partial charge < -0.3 is 25.6 Å². The predicted molar refractivity (Wildman–Crippen MR) is 133 cm³/mol. The number of methoxy groups -OCH3 is 1. The van der Waals surface area contributed by atoms with Crippen molar-refractivity contribution in [1.82, 2.24) is 15.1 Å². The second-order valence-electron chi connectivity index (χ2n) is 10.1. The Balaban J connectivity index is 1.72. The Hall–Kier alpha value is -1.97. The van der Waals surface area contributed by atoms with E-state index in [1.54, 1.807) is 4.90 Å². The largest absolute Gasteiger partial charge is 0.375 e. The van der Waals surface area contributed by atoms with E-state index in [2.05, 4.69) is 19.2 Å². The van der Waals surface area contributed by atoms with Gasteiger partial charge in [0.05, 0.1) is 10.9 Å². The highest BCUT2D eigenvalue weighted by atomic mass is 32.1. The molecule has 9 heteroatoms. The van der Waals surface area contributed by atoms with Gasteiger partial charge in [-0.2, -0.15) is 0 Å². The molecule has 34 heavy (non-hydrogen) atoms. The minimum atomic E-state index is -0.604. The molecule has 3 amide bonds. The highest BCUT2D eigenvalue weighted by molar-refractivity contribution is 7.12. The van der Waals surface area contributed by atoms with Gasteiger partial charge in [-0.15, -0.1) is 11.3 Å². The van der Waals surface area contributed by atoms with Crippen LogP contribution in [0.25, 0.3) is 0 Å². The number of hydrogen-bond acceptors (Lipinski definition) is 6. The maximum Gasteiger partial charge on any atom is 0.264 e. The Morgan fingerprint density at radius 1 is 1.26 bits per heavy atom. The molecule has 4 atom stereocenters. The first-order valence-corrected chi connectivity index (χ1v) is 13.3. The van der Waals surface area contributed by atoms with Crippen LogP contribution in [0.2, 0.25) is 0 Å². The van der Waals surface area contributed by atoms with Crippen LogP contribution in [0.5, 0.6) is 0 Å². The lowest BCUT2D eigenvalue weighted by Crippen LogP contribution is -2.48. The van der Waals surface area contributed by atoms with Gasteiger partial charge in [0.25, 0.3) is 5.91 Å². The maximum atomic E-state index is 13.3. The van der Waals surface area contributed by atoms with Gasteiger partial charge in [0, 0.05) is 26.7 Å². The van der Waals surface area contributed by atoms with Crippen LogP contribution in [0, 0.1) is 17.8 Å². The molecule has 2 heterocycles. The zero-order valence-electron chi connectivity index (χ0n) is 20.7. The van der Waals surface area contributed by atoms with Crippen molar-refractivity contribution >= 4 is 29.1 Å². The maximum absolute atomic E-state index is 13.3. The van der Waals surface area contributed by atoms with Crippen LogP contribution in [0.1, 0.15) is 55.6 Å². The van der Waals surface area contributed by atoms with E-state index in [0.29, 0.717) is 49.3 Å². The van der Waals surface area contributed by atoms with E-state index in [1.807, 2.05) is 22.4 Å². The number of amides is 3. The van der Waals surface area contributed by atoms with Crippen molar-refractivity contribution in [2.45, 2.75) is 58.0 Å². The zero-order valence-corrected chi connectivity index (χ0v) is 21.5. The van der Waals surface area contributed by atoms with E-state index in [1.165, 1.54) is 18.4 Å². The highest BCUT2D eigenvalue weighted by Gasteiger charge is 2.43. The first-order valence-electron chi connectivity index (χ1n) is 12.4. The van der Waals surface area contributed by atoms with Crippen LogP contribution in [-0.2, 0) is 14.3 Å². The second-order valence-corrected chi connectivity index (χ2v) is 11.0. The third-order valence-corrected chi connectivity index (χ3v) is 7.81. The fourth-order valence-corrected chi connectivity index (χ4v) is 5.95. The van der Waals surface area contributed by atoms with Crippen molar-refractivity contribution < 1.29 is 19.1 Å². The fraction of sp³-hybridized carbons (Fsp3) is 0.720. The molecule has 1 aromatic rings. The van der Waals surface area contributed by atoms with Crippen molar-refractivity contribution in [3.63, 3.8) is 0 Å². The average Bonchev–Trinajstić information content (AvgIpc) is 3.51. The van der Waals surface area contributed by atoms with Gasteiger partial charge in [0.1, 0.15) is 12.6 Å². The molecular formula is C25H40N4O4S. The van der Waals surface area contributed by atoms with Crippen LogP contribution >= 0.6 is 11.3 Å². The van der Waals surface area contributed by atoms with E-state index in [9.17, 15) is 14.4 Å². The number of thiophene rings is 1. The number of carbonyl (C=O) groups is 3. The molecule has 0 aromatic carbocycles. The zero-order chi connectivity index (χ0) is 24.7. The predicted octanol–water partition coefficient (Wildman–Crippen LogP) is 2.34. The summed E-state index contributed by atoms with van der Waals surface area (Å²) in [4.78, 5) is 43.5. The molecule has 0 bridgehead atoms. The number of nitrogens with one attached hydrogen (secondary N) is 1. The monoisotopic (exact) mass is 492 g/mol. The van der Waals surface area contributed by atoms with Gasteiger partial charge in [-0.3, -0.25) is 14.4 Å². The van der Waals surface area contributed by atoms with Gasteiger partial charge in [0.2, 0.25) is 11.8 Å². The Bertz CT molecular complexity index is 816. The molecule has 1 saturated heterocycles. The molecule has 3 rings (SSSR count). The lowest BCUT2D eigenvalue weighted by Gasteiger charge is -2.30. The molecule has 4 unspecified atom stereocenters. The molecular weight excluding hydrogens is 452 g/mol. The molecule has 1 aromatic heterocycles. The number of ether oxygens (including phenoxy) is 1. The highest BCUT2D eigenvalue weighted by Crippen LogP contribution is 2.29. The first-order chi connectivity index (χ1) is 16.3. The van der Waals surface area contributed by atoms with Gasteiger partial charge >= 0.3 is 0 Å². The molecule has 1 aliphatic heterocycles. The molecule has 3 N–H and O–H groups in total. The Morgan fingerprint density at radius 2 is 2.03 bits per heavy atom. The smallest absolute Gasteiger partial charge is 0.264 e. The molecule has 2 aliphatic rings. The lowest BCUT2D eigenvalue weighted by atomic mass is 9.81. The summed E-state index contributed by atoms with van der Waals surface area (Å²) in [6, 6.07) is 2.87. The quantitative estimate of drug-likeness (QED) is 0.522. The van der Waals surface area contributed by atoms with E-state index < -0.39 is 6.04 Å². The van der Waals surface area contributed by atoms with Gasteiger partial charge in [-0.1, -0.05) is 26.3 Å². The summed E-state index contributed by atoms with van der Waals surface area (Å²) in [5.41, 5.74) is 5.86. The summed E-state index contributed by atoms with van der Waals surface area (Å²) in [5.74, 6) is 0.809. The third kappa shape index (κ3) is 6.79. The minimum absolute atomic E-state index is 0.0380. The van der Waals surface area contributed by atoms with Gasteiger partial charge in [-0.25, -0.2) is 0 Å². The molecule has 2 fully saturated rings. The molecule has 190 valence electrons. The number of nitrogens with zero attached hydrogens (tertiary/aromatic N) is 2. The topological polar surface area (TPSA) is 105 Å². The molecule has 0 radical (unpaired) electrons. The molecule has 8 nitrogen and oxygen atoms in total. The third-order valence-electron chi connectivity index (χ3n) is 6.95. The van der Waals surface area contributed by atoms with Gasteiger partial charge in [-0.05, 0) is 61.4 Å². The SMILES string of the molecule is COCC(=O)N1CC(N(CC(C)C)C(=O)c2cccs2)CC1C(=O)NCC1CCCC(CN)C1. The summed E-state index contributed by atoms with van der Waals surface area (Å²) < 4.78 is 5.08. The number of hydrogen-bond donors (Lipinski definition) is 2. The Labute approximate surface area is 207 Å². The standard InChI is InChI=1S/C25H40N4O4S/c1-17(2)14-28(25(32)22-8-5-9-34-22)20-11-21(29(15-20)23(30)16-33-3)24(31)27-13-19-7-4-6-18(10-19)12-26/h5,8-9,17-21H,4,6-7,10-16,26H2,1-3H3,(H,27,31). The van der Waals surface area contributed by atoms with Gasteiger partial charge in [0.15, 0.2) is 0 Å². The van der Waals surface area contributed by atoms with E-state index in [4.69, 9.17) is 10.5 Å². The number of rotatable bonds is 10.